The Morgan fingerprint density at radius 1 is 1.29 bits per heavy atom. The maximum absolute atomic E-state index is 11.1. The summed E-state index contributed by atoms with van der Waals surface area (Å²) in [5, 5.41) is 26.2. The van der Waals surface area contributed by atoms with E-state index in [-0.39, 0.29) is 5.56 Å². The predicted octanol–water partition coefficient (Wildman–Crippen LogP) is 2.64. The smallest absolute Gasteiger partial charge is 0.335 e. The number of carboxylic acids is 1. The van der Waals surface area contributed by atoms with E-state index in [2.05, 4.69) is 10.3 Å². The van der Waals surface area contributed by atoms with Crippen LogP contribution in [0.2, 0.25) is 5.02 Å². The van der Waals surface area contributed by atoms with Crippen LogP contribution in [0, 0.1) is 11.3 Å². The Morgan fingerprint density at radius 2 is 2.10 bits per heavy atom. The molecule has 21 heavy (non-hydrogen) atoms. The monoisotopic (exact) mass is 298 g/mol. The zero-order chi connectivity index (χ0) is 15.0. The summed E-state index contributed by atoms with van der Waals surface area (Å²) < 4.78 is 1.45. The second kappa shape index (κ2) is 4.89. The van der Waals surface area contributed by atoms with Crippen molar-refractivity contribution in [2.45, 2.75) is 0 Å². The third kappa shape index (κ3) is 2.20. The highest BCUT2D eigenvalue weighted by molar-refractivity contribution is 6.32. The van der Waals surface area contributed by atoms with Crippen molar-refractivity contribution >= 4 is 28.6 Å². The molecule has 0 amide bonds. The first kappa shape index (κ1) is 13.1. The molecule has 0 bridgehead atoms. The number of rotatable bonds is 2. The molecule has 0 aliphatic heterocycles. The van der Waals surface area contributed by atoms with E-state index in [1.165, 1.54) is 22.9 Å². The lowest BCUT2D eigenvalue weighted by molar-refractivity contribution is 0.0697. The van der Waals surface area contributed by atoms with Crippen LogP contribution >= 0.6 is 11.6 Å². The van der Waals surface area contributed by atoms with Gasteiger partial charge in [0.1, 0.15) is 5.52 Å². The molecular formula is C14H7ClN4O2. The first-order chi connectivity index (χ1) is 10.1. The number of nitriles is 1. The van der Waals surface area contributed by atoms with E-state index < -0.39 is 5.97 Å². The first-order valence-electron chi connectivity index (χ1n) is 5.89. The molecule has 0 saturated heterocycles. The van der Waals surface area contributed by atoms with Gasteiger partial charge in [0.25, 0.3) is 0 Å². The van der Waals surface area contributed by atoms with Gasteiger partial charge >= 0.3 is 5.97 Å². The number of aromatic nitrogens is 3. The Kier molecular flexibility index (Phi) is 3.05. The summed E-state index contributed by atoms with van der Waals surface area (Å²) in [4.78, 5) is 11.1. The summed E-state index contributed by atoms with van der Waals surface area (Å²) in [7, 11) is 0. The van der Waals surface area contributed by atoms with Gasteiger partial charge in [-0.1, -0.05) is 16.8 Å². The standard InChI is InChI=1S/C14H7ClN4O2/c15-10-5-8(7-16)1-4-12(10)19-13-6-9(14(20)21)2-3-11(13)17-18-19/h1-6H,(H,20,21). The minimum absolute atomic E-state index is 0.135. The normalized spacial score (nSPS) is 10.5. The van der Waals surface area contributed by atoms with Gasteiger partial charge in [0.05, 0.1) is 33.4 Å². The topological polar surface area (TPSA) is 91.8 Å². The number of nitrogens with zero attached hydrogens (tertiary/aromatic N) is 4. The average molecular weight is 299 g/mol. The molecule has 102 valence electrons. The highest BCUT2D eigenvalue weighted by Crippen LogP contribution is 2.25. The Hall–Kier alpha value is -2.91. The highest BCUT2D eigenvalue weighted by atomic mass is 35.5. The van der Waals surface area contributed by atoms with E-state index in [1.54, 1.807) is 18.2 Å². The number of halogens is 1. The van der Waals surface area contributed by atoms with E-state index in [0.717, 1.165) is 0 Å². The van der Waals surface area contributed by atoms with Crippen LogP contribution in [0.3, 0.4) is 0 Å². The molecule has 0 aliphatic carbocycles. The van der Waals surface area contributed by atoms with E-state index in [4.69, 9.17) is 22.0 Å². The lowest BCUT2D eigenvalue weighted by Gasteiger charge is -2.05. The number of carboxylic acid groups (broad SMARTS) is 1. The van der Waals surface area contributed by atoms with E-state index in [0.29, 0.717) is 27.3 Å². The number of hydrogen-bond donors (Lipinski definition) is 1. The SMILES string of the molecule is N#Cc1ccc(-n2nnc3ccc(C(=O)O)cc32)c(Cl)c1. The quantitative estimate of drug-likeness (QED) is 0.785. The molecule has 2 aromatic carbocycles. The molecule has 1 heterocycles. The summed E-state index contributed by atoms with van der Waals surface area (Å²) >= 11 is 6.15. The van der Waals surface area contributed by atoms with Crippen molar-refractivity contribution in [1.29, 1.82) is 5.26 Å². The van der Waals surface area contributed by atoms with Crippen molar-refractivity contribution in [2.75, 3.05) is 0 Å². The molecule has 1 N–H and O–H groups in total. The Balaban J connectivity index is 2.23. The van der Waals surface area contributed by atoms with Crippen LogP contribution in [0.25, 0.3) is 16.7 Å². The average Bonchev–Trinajstić information content (AvgIpc) is 2.89. The fourth-order valence-electron chi connectivity index (χ4n) is 1.98. The van der Waals surface area contributed by atoms with Gasteiger partial charge in [-0.05, 0) is 36.4 Å². The second-order valence-electron chi connectivity index (χ2n) is 4.29. The van der Waals surface area contributed by atoms with Crippen LogP contribution in [-0.4, -0.2) is 26.1 Å². The summed E-state index contributed by atoms with van der Waals surface area (Å²) in [5.74, 6) is -1.03. The molecule has 0 atom stereocenters. The Bertz CT molecular complexity index is 911. The van der Waals surface area contributed by atoms with Gasteiger partial charge < -0.3 is 5.11 Å². The minimum atomic E-state index is -1.03. The van der Waals surface area contributed by atoms with Crippen molar-refractivity contribution in [3.05, 3.63) is 52.5 Å². The number of aromatic carboxylic acids is 1. The van der Waals surface area contributed by atoms with Crippen molar-refractivity contribution in [3.63, 3.8) is 0 Å². The minimum Gasteiger partial charge on any atom is -0.478 e. The molecule has 1 aromatic heterocycles. The first-order valence-corrected chi connectivity index (χ1v) is 6.27. The van der Waals surface area contributed by atoms with Crippen LogP contribution in [0.4, 0.5) is 0 Å². The molecule has 0 aliphatic rings. The fourth-order valence-corrected chi connectivity index (χ4v) is 2.24. The van der Waals surface area contributed by atoms with Gasteiger partial charge in [-0.25, -0.2) is 9.48 Å². The zero-order valence-corrected chi connectivity index (χ0v) is 11.2. The summed E-state index contributed by atoms with van der Waals surface area (Å²) in [6, 6.07) is 11.3. The molecule has 0 fully saturated rings. The molecule has 6 nitrogen and oxygen atoms in total. The third-order valence-electron chi connectivity index (χ3n) is 3.00. The molecule has 3 rings (SSSR count). The Morgan fingerprint density at radius 3 is 2.76 bits per heavy atom. The van der Waals surface area contributed by atoms with Crippen molar-refractivity contribution in [2.24, 2.45) is 0 Å². The fraction of sp³-hybridized carbons (Fsp3) is 0. The van der Waals surface area contributed by atoms with Crippen molar-refractivity contribution in [3.8, 4) is 11.8 Å². The summed E-state index contributed by atoms with van der Waals surface area (Å²) in [6.07, 6.45) is 0. The lowest BCUT2D eigenvalue weighted by atomic mass is 10.2. The predicted molar refractivity (Wildman–Crippen MR) is 75.5 cm³/mol. The molecule has 0 spiro atoms. The van der Waals surface area contributed by atoms with Gasteiger partial charge in [-0.15, -0.1) is 5.10 Å². The maximum atomic E-state index is 11.1. The van der Waals surface area contributed by atoms with Crippen LogP contribution in [-0.2, 0) is 0 Å². The van der Waals surface area contributed by atoms with Gasteiger partial charge in [0, 0.05) is 0 Å². The van der Waals surface area contributed by atoms with E-state index >= 15 is 0 Å². The molecular weight excluding hydrogens is 292 g/mol. The van der Waals surface area contributed by atoms with E-state index in [1.807, 2.05) is 6.07 Å². The van der Waals surface area contributed by atoms with E-state index in [9.17, 15) is 4.79 Å². The number of benzene rings is 2. The lowest BCUT2D eigenvalue weighted by Crippen LogP contribution is -2.00. The maximum Gasteiger partial charge on any atom is 0.335 e. The molecule has 0 radical (unpaired) electrons. The molecule has 0 unspecified atom stereocenters. The van der Waals surface area contributed by atoms with Gasteiger partial charge in [-0.3, -0.25) is 0 Å². The number of fused-ring (bicyclic) bond motifs is 1. The van der Waals surface area contributed by atoms with Gasteiger partial charge in [0.15, 0.2) is 0 Å². The number of carbonyl (C=O) groups is 1. The van der Waals surface area contributed by atoms with Crippen molar-refractivity contribution < 1.29 is 9.90 Å². The van der Waals surface area contributed by atoms with Crippen LogP contribution in [0.1, 0.15) is 15.9 Å². The molecule has 7 heteroatoms. The summed E-state index contributed by atoms with van der Waals surface area (Å²) in [6.45, 7) is 0. The van der Waals surface area contributed by atoms with Crippen LogP contribution < -0.4 is 0 Å². The summed E-state index contributed by atoms with van der Waals surface area (Å²) in [5.41, 5.74) is 2.18. The largest absolute Gasteiger partial charge is 0.478 e. The highest BCUT2D eigenvalue weighted by Gasteiger charge is 2.13. The van der Waals surface area contributed by atoms with Crippen LogP contribution in [0.15, 0.2) is 36.4 Å². The second-order valence-corrected chi connectivity index (χ2v) is 4.70. The molecule has 0 saturated carbocycles. The van der Waals surface area contributed by atoms with Gasteiger partial charge in [-0.2, -0.15) is 5.26 Å². The van der Waals surface area contributed by atoms with Crippen LogP contribution in [0.5, 0.6) is 0 Å². The third-order valence-corrected chi connectivity index (χ3v) is 3.30. The number of hydrogen-bond acceptors (Lipinski definition) is 4. The van der Waals surface area contributed by atoms with Crippen molar-refractivity contribution in [1.82, 2.24) is 15.0 Å². The Labute approximate surface area is 123 Å². The van der Waals surface area contributed by atoms with Gasteiger partial charge in [0.2, 0.25) is 0 Å². The zero-order valence-electron chi connectivity index (χ0n) is 10.5. The molecule has 3 aromatic rings.